The van der Waals surface area contributed by atoms with Gasteiger partial charge in [0.05, 0.1) is 18.4 Å². The number of hydrogen-bond acceptors (Lipinski definition) is 3. The Morgan fingerprint density at radius 2 is 1.48 bits per heavy atom. The largest absolute Gasteiger partial charge is 0.495 e. The van der Waals surface area contributed by atoms with E-state index in [0.29, 0.717) is 29.4 Å². The van der Waals surface area contributed by atoms with Gasteiger partial charge in [0, 0.05) is 0 Å². The Morgan fingerprint density at radius 3 is 2.24 bits per heavy atom. The van der Waals surface area contributed by atoms with Crippen LogP contribution in [-0.2, 0) is 6.61 Å². The third kappa shape index (κ3) is 4.18. The second-order valence-corrected chi connectivity index (χ2v) is 5.42. The summed E-state index contributed by atoms with van der Waals surface area (Å²) in [4.78, 5) is 12.7. The molecule has 0 heterocycles. The lowest BCUT2D eigenvalue weighted by Gasteiger charge is -2.13. The molecule has 4 heteroatoms. The number of rotatable bonds is 6. The van der Waals surface area contributed by atoms with Crippen LogP contribution < -0.4 is 14.8 Å². The highest BCUT2D eigenvalue weighted by molar-refractivity contribution is 6.06. The van der Waals surface area contributed by atoms with E-state index in [1.54, 1.807) is 31.4 Å². The maximum atomic E-state index is 12.7. The fraction of sp³-hybridized carbons (Fsp3) is 0.0952. The van der Waals surface area contributed by atoms with Crippen molar-refractivity contribution in [3.63, 3.8) is 0 Å². The minimum absolute atomic E-state index is 0.242. The number of nitrogens with one attached hydrogen (secondary N) is 1. The van der Waals surface area contributed by atoms with Gasteiger partial charge in [-0.1, -0.05) is 54.6 Å². The molecule has 0 aromatic heterocycles. The van der Waals surface area contributed by atoms with Crippen molar-refractivity contribution in [2.24, 2.45) is 0 Å². The first-order valence-electron chi connectivity index (χ1n) is 7.98. The Balaban J connectivity index is 1.76. The van der Waals surface area contributed by atoms with Gasteiger partial charge in [-0.15, -0.1) is 0 Å². The molecule has 1 amide bonds. The van der Waals surface area contributed by atoms with Gasteiger partial charge >= 0.3 is 0 Å². The molecular formula is C21H19NO3. The Labute approximate surface area is 147 Å². The Bertz CT molecular complexity index is 847. The number of methoxy groups -OCH3 is 1. The van der Waals surface area contributed by atoms with Gasteiger partial charge in [-0.05, 0) is 29.8 Å². The molecule has 3 aromatic rings. The third-order valence-electron chi connectivity index (χ3n) is 3.72. The summed E-state index contributed by atoms with van der Waals surface area (Å²) < 4.78 is 11.1. The second-order valence-electron chi connectivity index (χ2n) is 5.42. The molecule has 0 unspecified atom stereocenters. The molecular weight excluding hydrogens is 314 g/mol. The summed E-state index contributed by atoms with van der Waals surface area (Å²) in [6.07, 6.45) is 0. The van der Waals surface area contributed by atoms with Crippen molar-refractivity contribution in [3.8, 4) is 11.5 Å². The number of ether oxygens (including phenoxy) is 2. The van der Waals surface area contributed by atoms with Crippen molar-refractivity contribution < 1.29 is 14.3 Å². The van der Waals surface area contributed by atoms with E-state index in [9.17, 15) is 4.79 Å². The van der Waals surface area contributed by atoms with Crippen molar-refractivity contribution in [3.05, 3.63) is 90.0 Å². The Hall–Kier alpha value is -3.27. The molecule has 0 saturated carbocycles. The molecule has 0 saturated heterocycles. The second kappa shape index (κ2) is 8.02. The van der Waals surface area contributed by atoms with Gasteiger partial charge in [-0.2, -0.15) is 0 Å². The summed E-state index contributed by atoms with van der Waals surface area (Å²) in [5, 5.41) is 2.87. The van der Waals surface area contributed by atoms with Crippen LogP contribution in [0, 0.1) is 0 Å². The van der Waals surface area contributed by atoms with Crippen molar-refractivity contribution in [2.75, 3.05) is 12.4 Å². The zero-order valence-corrected chi connectivity index (χ0v) is 13.9. The van der Waals surface area contributed by atoms with E-state index in [2.05, 4.69) is 5.32 Å². The lowest BCUT2D eigenvalue weighted by atomic mass is 10.1. The Morgan fingerprint density at radius 1 is 0.840 bits per heavy atom. The molecule has 0 aliphatic heterocycles. The predicted molar refractivity (Wildman–Crippen MR) is 98.2 cm³/mol. The van der Waals surface area contributed by atoms with E-state index in [4.69, 9.17) is 9.47 Å². The summed E-state index contributed by atoms with van der Waals surface area (Å²) in [6.45, 7) is 0.403. The van der Waals surface area contributed by atoms with Crippen molar-refractivity contribution >= 4 is 11.6 Å². The monoisotopic (exact) mass is 333 g/mol. The smallest absolute Gasteiger partial charge is 0.259 e. The van der Waals surface area contributed by atoms with Gasteiger partial charge in [0.15, 0.2) is 0 Å². The third-order valence-corrected chi connectivity index (χ3v) is 3.72. The molecule has 3 aromatic carbocycles. The van der Waals surface area contributed by atoms with Crippen LogP contribution in [0.2, 0.25) is 0 Å². The summed E-state index contributed by atoms with van der Waals surface area (Å²) in [6, 6.07) is 24.3. The highest BCUT2D eigenvalue weighted by Crippen LogP contribution is 2.26. The van der Waals surface area contributed by atoms with Gasteiger partial charge in [0.1, 0.15) is 18.1 Å². The van der Waals surface area contributed by atoms with E-state index in [1.165, 1.54) is 0 Å². The van der Waals surface area contributed by atoms with Crippen LogP contribution in [0.4, 0.5) is 5.69 Å². The lowest BCUT2D eigenvalue weighted by Crippen LogP contribution is -2.14. The van der Waals surface area contributed by atoms with Crippen LogP contribution in [0.3, 0.4) is 0 Å². The molecule has 0 bridgehead atoms. The molecule has 1 N–H and O–H groups in total. The van der Waals surface area contributed by atoms with Crippen molar-refractivity contribution in [1.82, 2.24) is 0 Å². The topological polar surface area (TPSA) is 47.6 Å². The van der Waals surface area contributed by atoms with E-state index >= 15 is 0 Å². The lowest BCUT2D eigenvalue weighted by molar-refractivity contribution is 0.102. The number of amides is 1. The number of anilines is 1. The van der Waals surface area contributed by atoms with E-state index < -0.39 is 0 Å². The Kier molecular flexibility index (Phi) is 5.32. The normalized spacial score (nSPS) is 10.1. The van der Waals surface area contributed by atoms with Gasteiger partial charge in [-0.3, -0.25) is 4.79 Å². The number of benzene rings is 3. The number of carbonyl (C=O) groups excluding carboxylic acids is 1. The fourth-order valence-electron chi connectivity index (χ4n) is 2.45. The summed E-state index contributed by atoms with van der Waals surface area (Å²) in [7, 11) is 1.57. The standard InChI is InChI=1S/C21H19NO3/c1-24-20-14-8-6-12-18(20)22-21(23)17-11-5-7-13-19(17)25-15-16-9-3-2-4-10-16/h2-14H,15H2,1H3,(H,22,23). The van der Waals surface area contributed by atoms with Crippen LogP contribution in [-0.4, -0.2) is 13.0 Å². The van der Waals surface area contributed by atoms with Crippen molar-refractivity contribution in [2.45, 2.75) is 6.61 Å². The average Bonchev–Trinajstić information content (AvgIpc) is 2.68. The molecule has 0 radical (unpaired) electrons. The van der Waals surface area contributed by atoms with Crippen LogP contribution in [0.25, 0.3) is 0 Å². The summed E-state index contributed by atoms with van der Waals surface area (Å²) >= 11 is 0. The first-order chi connectivity index (χ1) is 12.3. The highest BCUT2D eigenvalue weighted by atomic mass is 16.5. The molecule has 3 rings (SSSR count). The van der Waals surface area contributed by atoms with Gasteiger partial charge in [0.2, 0.25) is 0 Å². The number of hydrogen-bond donors (Lipinski definition) is 1. The molecule has 0 fully saturated rings. The van der Waals surface area contributed by atoms with Gasteiger partial charge in [-0.25, -0.2) is 0 Å². The maximum absolute atomic E-state index is 12.7. The summed E-state index contributed by atoms with van der Waals surface area (Å²) in [5.74, 6) is 0.908. The maximum Gasteiger partial charge on any atom is 0.259 e. The number of para-hydroxylation sites is 3. The van der Waals surface area contributed by atoms with Crippen LogP contribution in [0.5, 0.6) is 11.5 Å². The highest BCUT2D eigenvalue weighted by Gasteiger charge is 2.14. The fourth-order valence-corrected chi connectivity index (χ4v) is 2.45. The molecule has 25 heavy (non-hydrogen) atoms. The van der Waals surface area contributed by atoms with Gasteiger partial charge in [0.25, 0.3) is 5.91 Å². The molecule has 0 spiro atoms. The van der Waals surface area contributed by atoms with Crippen LogP contribution >= 0.6 is 0 Å². The molecule has 0 aliphatic carbocycles. The average molecular weight is 333 g/mol. The quantitative estimate of drug-likeness (QED) is 0.721. The van der Waals surface area contributed by atoms with Crippen LogP contribution in [0.15, 0.2) is 78.9 Å². The minimum atomic E-state index is -0.242. The first-order valence-corrected chi connectivity index (χ1v) is 7.98. The molecule has 0 atom stereocenters. The zero-order chi connectivity index (χ0) is 17.5. The van der Waals surface area contributed by atoms with Crippen LogP contribution in [0.1, 0.15) is 15.9 Å². The summed E-state index contributed by atoms with van der Waals surface area (Å²) in [5.41, 5.74) is 2.14. The van der Waals surface area contributed by atoms with Crippen molar-refractivity contribution in [1.29, 1.82) is 0 Å². The number of carbonyl (C=O) groups is 1. The van der Waals surface area contributed by atoms with E-state index in [0.717, 1.165) is 5.56 Å². The molecule has 0 aliphatic rings. The SMILES string of the molecule is COc1ccccc1NC(=O)c1ccccc1OCc1ccccc1. The first kappa shape index (κ1) is 16.6. The molecule has 126 valence electrons. The predicted octanol–water partition coefficient (Wildman–Crippen LogP) is 4.53. The minimum Gasteiger partial charge on any atom is -0.495 e. The van der Waals surface area contributed by atoms with Gasteiger partial charge < -0.3 is 14.8 Å². The van der Waals surface area contributed by atoms with E-state index in [1.807, 2.05) is 54.6 Å². The zero-order valence-electron chi connectivity index (χ0n) is 13.9. The van der Waals surface area contributed by atoms with E-state index in [-0.39, 0.29) is 5.91 Å². The molecule has 4 nitrogen and oxygen atoms in total.